The van der Waals surface area contributed by atoms with Crippen LogP contribution in [0.1, 0.15) is 72.1 Å². The summed E-state index contributed by atoms with van der Waals surface area (Å²) in [5.41, 5.74) is 5.97. The van der Waals surface area contributed by atoms with Crippen molar-refractivity contribution in [3.63, 3.8) is 0 Å². The van der Waals surface area contributed by atoms with Crippen molar-refractivity contribution in [3.8, 4) is 0 Å². The molecule has 0 aromatic rings. The molecule has 1 aliphatic heterocycles. The van der Waals surface area contributed by atoms with Gasteiger partial charge in [0.2, 0.25) is 0 Å². The summed E-state index contributed by atoms with van der Waals surface area (Å²) in [5.74, 6) is 1.31. The van der Waals surface area contributed by atoms with Crippen molar-refractivity contribution < 1.29 is 0 Å². The molecule has 0 aliphatic carbocycles. The topological polar surface area (TPSA) is 53.6 Å². The van der Waals surface area contributed by atoms with Gasteiger partial charge in [-0.05, 0) is 45.6 Å². The fourth-order valence-electron chi connectivity index (χ4n) is 3.12. The number of likely N-dealkylation sites (tertiary alicyclic amines) is 1. The Kier molecular flexibility index (Phi) is 10.3. The van der Waals surface area contributed by atoms with Crippen molar-refractivity contribution in [1.82, 2.24) is 10.2 Å². The molecule has 0 aromatic carbocycles. The summed E-state index contributed by atoms with van der Waals surface area (Å²) in [5, 5.41) is 3.26. The first-order valence-corrected chi connectivity index (χ1v) is 9.41. The fourth-order valence-corrected chi connectivity index (χ4v) is 3.12. The Balaban J connectivity index is 2.09. The minimum absolute atomic E-state index is 0.634. The van der Waals surface area contributed by atoms with Crippen LogP contribution in [0.5, 0.6) is 0 Å². The zero-order valence-electron chi connectivity index (χ0n) is 15.1. The maximum Gasteiger partial charge on any atom is 0.188 e. The van der Waals surface area contributed by atoms with Gasteiger partial charge in [0.1, 0.15) is 0 Å². The zero-order valence-corrected chi connectivity index (χ0v) is 15.1. The van der Waals surface area contributed by atoms with Crippen LogP contribution in [0.25, 0.3) is 0 Å². The lowest BCUT2D eigenvalue weighted by Gasteiger charge is -2.34. The molecule has 0 spiro atoms. The molecular weight excluding hydrogens is 272 g/mol. The van der Waals surface area contributed by atoms with Gasteiger partial charge in [-0.25, -0.2) is 0 Å². The number of piperidine rings is 1. The molecule has 3 N–H and O–H groups in total. The van der Waals surface area contributed by atoms with Gasteiger partial charge in [0.15, 0.2) is 5.96 Å². The highest BCUT2D eigenvalue weighted by Gasteiger charge is 2.21. The molecule has 1 atom stereocenters. The highest BCUT2D eigenvalue weighted by atomic mass is 15.2. The average molecular weight is 311 g/mol. The summed E-state index contributed by atoms with van der Waals surface area (Å²) in [7, 11) is 0. The Labute approximate surface area is 137 Å². The van der Waals surface area contributed by atoms with E-state index in [9.17, 15) is 0 Å². The van der Waals surface area contributed by atoms with Gasteiger partial charge in [-0.15, -0.1) is 0 Å². The van der Waals surface area contributed by atoms with Crippen molar-refractivity contribution in [2.75, 3.05) is 26.2 Å². The van der Waals surface area contributed by atoms with E-state index in [4.69, 9.17) is 5.73 Å². The van der Waals surface area contributed by atoms with Crippen LogP contribution < -0.4 is 11.1 Å². The van der Waals surface area contributed by atoms with E-state index < -0.39 is 0 Å². The molecule has 1 heterocycles. The first kappa shape index (κ1) is 19.3. The van der Waals surface area contributed by atoms with Gasteiger partial charge in [-0.3, -0.25) is 4.99 Å². The van der Waals surface area contributed by atoms with Crippen LogP contribution >= 0.6 is 0 Å². The van der Waals surface area contributed by atoms with Gasteiger partial charge < -0.3 is 16.0 Å². The zero-order chi connectivity index (χ0) is 16.2. The Hall–Kier alpha value is -0.770. The molecule has 0 amide bonds. The Morgan fingerprint density at radius 1 is 1.23 bits per heavy atom. The van der Waals surface area contributed by atoms with Gasteiger partial charge in [-0.2, -0.15) is 0 Å². The van der Waals surface area contributed by atoms with Crippen molar-refractivity contribution in [3.05, 3.63) is 0 Å². The largest absolute Gasteiger partial charge is 0.370 e. The molecule has 1 rings (SSSR count). The summed E-state index contributed by atoms with van der Waals surface area (Å²) in [4.78, 5) is 7.10. The van der Waals surface area contributed by atoms with Crippen LogP contribution in [-0.4, -0.2) is 43.1 Å². The third-order valence-corrected chi connectivity index (χ3v) is 4.64. The molecule has 22 heavy (non-hydrogen) atoms. The van der Waals surface area contributed by atoms with E-state index in [1.54, 1.807) is 0 Å². The van der Waals surface area contributed by atoms with Gasteiger partial charge in [0.05, 0.1) is 0 Å². The van der Waals surface area contributed by atoms with E-state index in [-0.39, 0.29) is 0 Å². The first-order valence-electron chi connectivity index (χ1n) is 9.41. The molecule has 1 fully saturated rings. The smallest absolute Gasteiger partial charge is 0.188 e. The van der Waals surface area contributed by atoms with E-state index in [1.807, 2.05) is 0 Å². The molecule has 1 aliphatic rings. The lowest BCUT2D eigenvalue weighted by atomic mass is 9.97. The van der Waals surface area contributed by atoms with Gasteiger partial charge in [0, 0.05) is 25.7 Å². The summed E-state index contributed by atoms with van der Waals surface area (Å²) in [6.07, 6.45) is 10.5. The van der Waals surface area contributed by atoms with Crippen LogP contribution in [0.15, 0.2) is 4.99 Å². The predicted molar refractivity (Wildman–Crippen MR) is 97.3 cm³/mol. The number of hydrogen-bond acceptors (Lipinski definition) is 2. The molecule has 0 saturated carbocycles. The van der Waals surface area contributed by atoms with E-state index in [1.165, 1.54) is 64.5 Å². The van der Waals surface area contributed by atoms with Crippen molar-refractivity contribution in [1.29, 1.82) is 0 Å². The van der Waals surface area contributed by atoms with Crippen LogP contribution in [0, 0.1) is 5.92 Å². The quantitative estimate of drug-likeness (QED) is 0.369. The van der Waals surface area contributed by atoms with Crippen LogP contribution in [0.3, 0.4) is 0 Å². The number of hydrogen-bond donors (Lipinski definition) is 2. The average Bonchev–Trinajstić information content (AvgIpc) is 2.52. The Bertz CT molecular complexity index is 301. The lowest BCUT2D eigenvalue weighted by Crippen LogP contribution is -2.41. The molecular formula is C18H38N4. The molecule has 130 valence electrons. The van der Waals surface area contributed by atoms with E-state index in [0.717, 1.165) is 13.1 Å². The second-order valence-corrected chi connectivity index (χ2v) is 7.02. The number of unbranched alkanes of at least 4 members (excludes halogenated alkanes) is 5. The van der Waals surface area contributed by atoms with Crippen LogP contribution in [-0.2, 0) is 0 Å². The lowest BCUT2D eigenvalue weighted by molar-refractivity contribution is 0.143. The highest BCUT2D eigenvalue weighted by Crippen LogP contribution is 2.18. The monoisotopic (exact) mass is 310 g/mol. The highest BCUT2D eigenvalue weighted by molar-refractivity contribution is 5.77. The summed E-state index contributed by atoms with van der Waals surface area (Å²) in [6, 6.07) is 0.648. The van der Waals surface area contributed by atoms with E-state index in [2.05, 4.69) is 36.0 Å². The molecule has 0 radical (unpaired) electrons. The normalized spacial score (nSPS) is 20.5. The number of nitrogens with zero attached hydrogens (tertiary/aromatic N) is 2. The maximum atomic E-state index is 5.97. The number of guanidine groups is 1. The Morgan fingerprint density at radius 3 is 2.68 bits per heavy atom. The minimum Gasteiger partial charge on any atom is -0.370 e. The van der Waals surface area contributed by atoms with Gasteiger partial charge in [0.25, 0.3) is 0 Å². The number of rotatable bonds is 10. The third kappa shape index (κ3) is 8.62. The fraction of sp³-hybridized carbons (Fsp3) is 0.944. The summed E-state index contributed by atoms with van der Waals surface area (Å²) >= 11 is 0. The third-order valence-electron chi connectivity index (χ3n) is 4.64. The molecule has 0 bridgehead atoms. The molecule has 4 nitrogen and oxygen atoms in total. The predicted octanol–water partition coefficient (Wildman–Crippen LogP) is 3.37. The second kappa shape index (κ2) is 11.8. The molecule has 0 aromatic heterocycles. The number of nitrogens with two attached hydrogens (primary N) is 1. The standard InChI is InChI=1S/C18H38N4/c1-4-5-6-7-8-9-12-20-18(19)21-14-17-11-10-13-22(15-17)16(2)3/h16-17H,4-15H2,1-3H3,(H3,19,20,21). The minimum atomic E-state index is 0.634. The van der Waals surface area contributed by atoms with E-state index in [0.29, 0.717) is 17.9 Å². The van der Waals surface area contributed by atoms with Gasteiger partial charge >= 0.3 is 0 Å². The van der Waals surface area contributed by atoms with Crippen molar-refractivity contribution >= 4 is 5.96 Å². The second-order valence-electron chi connectivity index (χ2n) is 7.02. The Morgan fingerprint density at radius 2 is 1.95 bits per heavy atom. The summed E-state index contributed by atoms with van der Waals surface area (Å²) in [6.45, 7) is 11.1. The van der Waals surface area contributed by atoms with E-state index >= 15 is 0 Å². The molecule has 4 heteroatoms. The van der Waals surface area contributed by atoms with Crippen molar-refractivity contribution in [2.24, 2.45) is 16.6 Å². The van der Waals surface area contributed by atoms with Gasteiger partial charge in [-0.1, -0.05) is 39.0 Å². The summed E-state index contributed by atoms with van der Waals surface area (Å²) < 4.78 is 0. The maximum absolute atomic E-state index is 5.97. The number of aliphatic imine (C=N–C) groups is 1. The molecule has 1 unspecified atom stereocenters. The number of nitrogens with one attached hydrogen (secondary N) is 1. The molecule has 1 saturated heterocycles. The van der Waals surface area contributed by atoms with Crippen molar-refractivity contribution in [2.45, 2.75) is 78.2 Å². The van der Waals surface area contributed by atoms with Crippen LogP contribution in [0.2, 0.25) is 0 Å². The van der Waals surface area contributed by atoms with Crippen LogP contribution in [0.4, 0.5) is 0 Å². The SMILES string of the molecule is CCCCCCCCNC(N)=NCC1CCCN(C(C)C)C1. The first-order chi connectivity index (χ1) is 10.6.